The maximum Gasteiger partial charge on any atom is 0.307 e. The third-order valence-electron chi connectivity index (χ3n) is 2.49. The maximum atomic E-state index is 10.7. The third kappa shape index (κ3) is 2.86. The zero-order valence-electron chi connectivity index (χ0n) is 9.06. The molecule has 86 valence electrons. The number of carboxylic acid groups (broad SMARTS) is 1. The Kier molecular flexibility index (Phi) is 3.45. The molecule has 0 saturated carbocycles. The van der Waals surface area contributed by atoms with Gasteiger partial charge in [-0.3, -0.25) is 4.79 Å². The van der Waals surface area contributed by atoms with Crippen LogP contribution in [0.5, 0.6) is 0 Å². The lowest BCUT2D eigenvalue weighted by atomic mass is 10.0. The summed E-state index contributed by atoms with van der Waals surface area (Å²) in [7, 11) is 0. The van der Waals surface area contributed by atoms with Crippen LogP contribution in [0.4, 0.5) is 0 Å². The minimum absolute atomic E-state index is 0.0560. The molecule has 2 nitrogen and oxygen atoms in total. The van der Waals surface area contributed by atoms with E-state index in [2.05, 4.69) is 0 Å². The maximum absolute atomic E-state index is 10.7. The molecular weight excluding hydrogens is 236 g/mol. The van der Waals surface area contributed by atoms with Gasteiger partial charge in [0.25, 0.3) is 0 Å². The van der Waals surface area contributed by atoms with Crippen LogP contribution in [0.15, 0.2) is 48.5 Å². The van der Waals surface area contributed by atoms with Crippen molar-refractivity contribution in [1.82, 2.24) is 0 Å². The van der Waals surface area contributed by atoms with Gasteiger partial charge in [0.05, 0.1) is 6.42 Å². The first kappa shape index (κ1) is 11.7. The molecule has 0 aromatic heterocycles. The summed E-state index contributed by atoms with van der Waals surface area (Å²) in [4.78, 5) is 10.7. The summed E-state index contributed by atoms with van der Waals surface area (Å²) in [6, 6.07) is 15.2. The summed E-state index contributed by atoms with van der Waals surface area (Å²) >= 11 is 5.96. The van der Waals surface area contributed by atoms with Gasteiger partial charge in [0, 0.05) is 5.02 Å². The van der Waals surface area contributed by atoms with Crippen LogP contribution in [-0.2, 0) is 11.2 Å². The molecule has 0 fully saturated rings. The standard InChI is InChI=1S/C14H11ClO2/c15-13-7-6-11(8-12(13)9-14(16)17)10-4-2-1-3-5-10/h1-8H,9H2,(H,16,17). The minimum atomic E-state index is -0.878. The normalized spacial score (nSPS) is 10.2. The van der Waals surface area contributed by atoms with E-state index >= 15 is 0 Å². The molecule has 0 unspecified atom stereocenters. The second-order valence-electron chi connectivity index (χ2n) is 3.74. The van der Waals surface area contributed by atoms with Crippen LogP contribution in [0.25, 0.3) is 11.1 Å². The van der Waals surface area contributed by atoms with E-state index in [-0.39, 0.29) is 6.42 Å². The molecule has 0 atom stereocenters. The van der Waals surface area contributed by atoms with E-state index in [1.807, 2.05) is 42.5 Å². The Morgan fingerprint density at radius 2 is 1.76 bits per heavy atom. The number of benzene rings is 2. The predicted molar refractivity (Wildman–Crippen MR) is 68.2 cm³/mol. The van der Waals surface area contributed by atoms with Crippen LogP contribution >= 0.6 is 11.6 Å². The third-order valence-corrected chi connectivity index (χ3v) is 2.86. The van der Waals surface area contributed by atoms with Gasteiger partial charge in [-0.1, -0.05) is 48.0 Å². The van der Waals surface area contributed by atoms with Gasteiger partial charge < -0.3 is 5.11 Å². The van der Waals surface area contributed by atoms with Gasteiger partial charge in [-0.25, -0.2) is 0 Å². The second kappa shape index (κ2) is 5.02. The first-order valence-electron chi connectivity index (χ1n) is 5.22. The van der Waals surface area contributed by atoms with E-state index in [1.165, 1.54) is 0 Å². The molecule has 17 heavy (non-hydrogen) atoms. The summed E-state index contributed by atoms with van der Waals surface area (Å²) < 4.78 is 0. The highest BCUT2D eigenvalue weighted by Crippen LogP contribution is 2.25. The van der Waals surface area contributed by atoms with Crippen molar-refractivity contribution < 1.29 is 9.90 Å². The zero-order valence-corrected chi connectivity index (χ0v) is 9.82. The lowest BCUT2D eigenvalue weighted by molar-refractivity contribution is -0.136. The first-order chi connectivity index (χ1) is 8.16. The van der Waals surface area contributed by atoms with E-state index in [0.29, 0.717) is 10.6 Å². The second-order valence-corrected chi connectivity index (χ2v) is 4.15. The molecule has 0 aliphatic rings. The van der Waals surface area contributed by atoms with Gasteiger partial charge in [0.2, 0.25) is 0 Å². The Bertz CT molecular complexity index is 535. The van der Waals surface area contributed by atoms with Crippen LogP contribution in [-0.4, -0.2) is 11.1 Å². The average molecular weight is 247 g/mol. The Labute approximate surface area is 104 Å². The summed E-state index contributed by atoms with van der Waals surface area (Å²) in [6.07, 6.45) is -0.0560. The molecule has 0 heterocycles. The number of carbonyl (C=O) groups is 1. The van der Waals surface area contributed by atoms with Crippen molar-refractivity contribution in [1.29, 1.82) is 0 Å². The minimum Gasteiger partial charge on any atom is -0.481 e. The molecule has 0 bridgehead atoms. The van der Waals surface area contributed by atoms with Gasteiger partial charge in [-0.15, -0.1) is 0 Å². The van der Waals surface area contributed by atoms with Crippen molar-refractivity contribution in [2.75, 3.05) is 0 Å². The lowest BCUT2D eigenvalue weighted by Gasteiger charge is -2.06. The molecule has 0 aliphatic carbocycles. The molecule has 1 N–H and O–H groups in total. The molecular formula is C14H11ClO2. The highest BCUT2D eigenvalue weighted by Gasteiger charge is 2.07. The quantitative estimate of drug-likeness (QED) is 0.898. The number of rotatable bonds is 3. The molecule has 2 rings (SSSR count). The fourth-order valence-corrected chi connectivity index (χ4v) is 1.87. The molecule has 0 spiro atoms. The fourth-order valence-electron chi connectivity index (χ4n) is 1.68. The fraction of sp³-hybridized carbons (Fsp3) is 0.0714. The molecule has 0 amide bonds. The van der Waals surface area contributed by atoms with Crippen LogP contribution in [0, 0.1) is 0 Å². The van der Waals surface area contributed by atoms with Crippen molar-refractivity contribution >= 4 is 17.6 Å². The van der Waals surface area contributed by atoms with Gasteiger partial charge in [-0.05, 0) is 28.8 Å². The number of hydrogen-bond acceptors (Lipinski definition) is 1. The summed E-state index contributed by atoms with van der Waals surface area (Å²) in [5, 5.41) is 9.29. The number of halogens is 1. The van der Waals surface area contributed by atoms with E-state index in [1.54, 1.807) is 6.07 Å². The largest absolute Gasteiger partial charge is 0.481 e. The topological polar surface area (TPSA) is 37.3 Å². The molecule has 0 aliphatic heterocycles. The van der Waals surface area contributed by atoms with Crippen LogP contribution in [0.3, 0.4) is 0 Å². The number of hydrogen-bond donors (Lipinski definition) is 1. The van der Waals surface area contributed by atoms with Gasteiger partial charge in [0.15, 0.2) is 0 Å². The SMILES string of the molecule is O=C(O)Cc1cc(-c2ccccc2)ccc1Cl. The Morgan fingerprint density at radius 3 is 2.41 bits per heavy atom. The van der Waals surface area contributed by atoms with Crippen molar-refractivity contribution in [3.63, 3.8) is 0 Å². The Balaban J connectivity index is 2.41. The van der Waals surface area contributed by atoms with Gasteiger partial charge >= 0.3 is 5.97 Å². The van der Waals surface area contributed by atoms with Crippen LogP contribution in [0.1, 0.15) is 5.56 Å². The Hall–Kier alpha value is -1.80. The smallest absolute Gasteiger partial charge is 0.307 e. The molecule has 3 heteroatoms. The first-order valence-corrected chi connectivity index (χ1v) is 5.60. The van der Waals surface area contributed by atoms with Crippen molar-refractivity contribution in [2.24, 2.45) is 0 Å². The highest BCUT2D eigenvalue weighted by molar-refractivity contribution is 6.31. The Morgan fingerprint density at radius 1 is 1.06 bits per heavy atom. The van der Waals surface area contributed by atoms with E-state index in [9.17, 15) is 4.79 Å². The van der Waals surface area contributed by atoms with Crippen molar-refractivity contribution in [3.8, 4) is 11.1 Å². The van der Waals surface area contributed by atoms with Crippen LogP contribution in [0.2, 0.25) is 5.02 Å². The summed E-state index contributed by atoms with van der Waals surface area (Å²) in [5.74, 6) is -0.878. The monoisotopic (exact) mass is 246 g/mol. The van der Waals surface area contributed by atoms with Crippen molar-refractivity contribution in [2.45, 2.75) is 6.42 Å². The van der Waals surface area contributed by atoms with Gasteiger partial charge in [-0.2, -0.15) is 0 Å². The zero-order chi connectivity index (χ0) is 12.3. The van der Waals surface area contributed by atoms with E-state index in [4.69, 9.17) is 16.7 Å². The molecule has 0 saturated heterocycles. The summed E-state index contributed by atoms with van der Waals surface area (Å²) in [5.41, 5.74) is 2.67. The predicted octanol–water partition coefficient (Wildman–Crippen LogP) is 3.63. The molecule has 0 radical (unpaired) electrons. The molecule has 2 aromatic rings. The average Bonchev–Trinajstić information content (AvgIpc) is 2.32. The van der Waals surface area contributed by atoms with E-state index < -0.39 is 5.97 Å². The number of aliphatic carboxylic acids is 1. The van der Waals surface area contributed by atoms with E-state index in [0.717, 1.165) is 11.1 Å². The number of carboxylic acids is 1. The van der Waals surface area contributed by atoms with Crippen LogP contribution < -0.4 is 0 Å². The lowest BCUT2D eigenvalue weighted by Crippen LogP contribution is -2.00. The highest BCUT2D eigenvalue weighted by atomic mass is 35.5. The molecule has 2 aromatic carbocycles. The van der Waals surface area contributed by atoms with Gasteiger partial charge in [0.1, 0.15) is 0 Å². The summed E-state index contributed by atoms with van der Waals surface area (Å²) in [6.45, 7) is 0. The van der Waals surface area contributed by atoms with Crippen molar-refractivity contribution in [3.05, 3.63) is 59.1 Å².